The summed E-state index contributed by atoms with van der Waals surface area (Å²) in [5.74, 6) is -1.92. The van der Waals surface area contributed by atoms with Gasteiger partial charge in [0.25, 0.3) is 0 Å². The van der Waals surface area contributed by atoms with Gasteiger partial charge in [0.15, 0.2) is 0 Å². The van der Waals surface area contributed by atoms with Crippen LogP contribution in [0, 0.1) is 0 Å². The molecule has 0 heterocycles. The van der Waals surface area contributed by atoms with E-state index in [-0.39, 0.29) is 11.3 Å². The first-order valence-corrected chi connectivity index (χ1v) is 5.25. The summed E-state index contributed by atoms with van der Waals surface area (Å²) in [6.07, 6.45) is 0. The third-order valence-electron chi connectivity index (χ3n) is 1.67. The molecular weight excluding hydrogens is 264 g/mol. The first kappa shape index (κ1) is 11.7. The molecule has 0 amide bonds. The van der Waals surface area contributed by atoms with Gasteiger partial charge < -0.3 is 14.6 Å². The van der Waals surface area contributed by atoms with E-state index in [0.29, 0.717) is 5.33 Å². The molecule has 0 aliphatic carbocycles. The molecule has 0 aliphatic rings. The summed E-state index contributed by atoms with van der Waals surface area (Å²) in [4.78, 5) is 21.4. The second-order valence-electron chi connectivity index (χ2n) is 2.85. The Morgan fingerprint density at radius 2 is 2.13 bits per heavy atom. The highest BCUT2D eigenvalue weighted by Gasteiger charge is 2.08. The van der Waals surface area contributed by atoms with E-state index < -0.39 is 11.9 Å². The second-order valence-corrected chi connectivity index (χ2v) is 3.41. The summed E-state index contributed by atoms with van der Waals surface area (Å²) in [5, 5.41) is 11.2. The van der Waals surface area contributed by atoms with E-state index in [4.69, 9.17) is 4.74 Å². The number of carbonyl (C=O) groups excluding carboxylic acids is 2. The largest absolute Gasteiger partial charge is 0.545 e. The monoisotopic (exact) mass is 271 g/mol. The van der Waals surface area contributed by atoms with Gasteiger partial charge in [0, 0.05) is 17.8 Å². The summed E-state index contributed by atoms with van der Waals surface area (Å²) in [6, 6.07) is 4.46. The quantitative estimate of drug-likeness (QED) is 0.465. The molecule has 80 valence electrons. The van der Waals surface area contributed by atoms with Gasteiger partial charge in [0.05, 0.1) is 5.97 Å². The van der Waals surface area contributed by atoms with Crippen LogP contribution in [0.2, 0.25) is 0 Å². The molecule has 0 unspecified atom stereocenters. The fourth-order valence-electron chi connectivity index (χ4n) is 1.06. The molecule has 1 rings (SSSR count). The number of benzene rings is 1. The van der Waals surface area contributed by atoms with Gasteiger partial charge in [-0.25, -0.2) is 0 Å². The molecule has 4 nitrogen and oxygen atoms in total. The summed E-state index contributed by atoms with van der Waals surface area (Å²) < 4.78 is 4.77. The van der Waals surface area contributed by atoms with Crippen molar-refractivity contribution in [3.05, 3.63) is 29.3 Å². The van der Waals surface area contributed by atoms with Gasteiger partial charge >= 0.3 is 5.97 Å². The van der Waals surface area contributed by atoms with Gasteiger partial charge in [-0.2, -0.15) is 0 Å². The van der Waals surface area contributed by atoms with Crippen LogP contribution in [0.1, 0.15) is 22.8 Å². The van der Waals surface area contributed by atoms with Gasteiger partial charge in [0.2, 0.25) is 0 Å². The average Bonchev–Trinajstić information content (AvgIpc) is 2.16. The molecule has 0 saturated heterocycles. The zero-order valence-corrected chi connectivity index (χ0v) is 9.54. The molecule has 15 heavy (non-hydrogen) atoms. The molecule has 1 aromatic rings. The highest BCUT2D eigenvalue weighted by atomic mass is 79.9. The Hall–Kier alpha value is -1.36. The molecule has 5 heteroatoms. The fourth-order valence-corrected chi connectivity index (χ4v) is 1.41. The summed E-state index contributed by atoms with van der Waals surface area (Å²) >= 11 is 3.22. The lowest BCUT2D eigenvalue weighted by molar-refractivity contribution is -0.255. The SMILES string of the molecule is CC(=O)Oc1cc(CBr)ccc1C(=O)[O-]. The molecule has 0 saturated carbocycles. The maximum Gasteiger partial charge on any atom is 0.308 e. The first-order chi connectivity index (χ1) is 7.04. The van der Waals surface area contributed by atoms with Crippen molar-refractivity contribution in [3.8, 4) is 5.75 Å². The number of rotatable bonds is 3. The number of hydrogen-bond donors (Lipinski definition) is 0. The van der Waals surface area contributed by atoms with E-state index in [1.807, 2.05) is 0 Å². The predicted molar refractivity (Wildman–Crippen MR) is 54.7 cm³/mol. The number of aromatic carboxylic acids is 1. The van der Waals surface area contributed by atoms with Crippen LogP contribution in [0.4, 0.5) is 0 Å². The van der Waals surface area contributed by atoms with E-state index in [1.54, 1.807) is 6.07 Å². The van der Waals surface area contributed by atoms with Crippen molar-refractivity contribution in [2.24, 2.45) is 0 Å². The van der Waals surface area contributed by atoms with Crippen molar-refractivity contribution in [1.82, 2.24) is 0 Å². The number of carboxylic acids is 1. The standard InChI is InChI=1S/C10H9BrO4/c1-6(12)15-9-4-7(5-11)2-3-8(9)10(13)14/h2-4H,5H2,1H3,(H,13,14)/p-1. The lowest BCUT2D eigenvalue weighted by Gasteiger charge is -2.10. The van der Waals surface area contributed by atoms with Crippen LogP contribution >= 0.6 is 15.9 Å². The number of halogens is 1. The van der Waals surface area contributed by atoms with Gasteiger partial charge in [0.1, 0.15) is 5.75 Å². The van der Waals surface area contributed by atoms with E-state index in [1.165, 1.54) is 19.1 Å². The Kier molecular flexibility index (Phi) is 3.85. The number of ether oxygens (including phenoxy) is 1. The molecule has 0 N–H and O–H groups in total. The highest BCUT2D eigenvalue weighted by Crippen LogP contribution is 2.21. The Bertz CT molecular complexity index is 400. The van der Waals surface area contributed by atoms with E-state index in [0.717, 1.165) is 5.56 Å². The van der Waals surface area contributed by atoms with E-state index in [9.17, 15) is 14.7 Å². The van der Waals surface area contributed by atoms with Crippen molar-refractivity contribution in [1.29, 1.82) is 0 Å². The van der Waals surface area contributed by atoms with Crippen LogP contribution in [0.5, 0.6) is 5.75 Å². The van der Waals surface area contributed by atoms with Crippen molar-refractivity contribution >= 4 is 27.9 Å². The summed E-state index contributed by atoms with van der Waals surface area (Å²) in [6.45, 7) is 1.21. The Morgan fingerprint density at radius 1 is 1.47 bits per heavy atom. The third kappa shape index (κ3) is 3.06. The first-order valence-electron chi connectivity index (χ1n) is 4.13. The minimum Gasteiger partial charge on any atom is -0.545 e. The molecule has 0 atom stereocenters. The van der Waals surface area contributed by atoms with Crippen LogP contribution in [0.15, 0.2) is 18.2 Å². The normalized spacial score (nSPS) is 9.73. The number of carbonyl (C=O) groups is 2. The zero-order chi connectivity index (χ0) is 11.4. The van der Waals surface area contributed by atoms with E-state index >= 15 is 0 Å². The van der Waals surface area contributed by atoms with Gasteiger partial charge in [-0.3, -0.25) is 4.79 Å². The summed E-state index contributed by atoms with van der Waals surface area (Å²) in [7, 11) is 0. The zero-order valence-electron chi connectivity index (χ0n) is 7.95. The third-order valence-corrected chi connectivity index (χ3v) is 2.32. The van der Waals surface area contributed by atoms with Crippen molar-refractivity contribution in [2.75, 3.05) is 0 Å². The van der Waals surface area contributed by atoms with Crippen LogP contribution in [-0.4, -0.2) is 11.9 Å². The van der Waals surface area contributed by atoms with Gasteiger partial charge in [-0.1, -0.05) is 22.0 Å². The van der Waals surface area contributed by atoms with Gasteiger partial charge in [-0.05, 0) is 17.7 Å². The molecule has 0 radical (unpaired) electrons. The molecule has 0 fully saturated rings. The van der Waals surface area contributed by atoms with Crippen LogP contribution in [0.25, 0.3) is 0 Å². The lowest BCUT2D eigenvalue weighted by Crippen LogP contribution is -2.23. The van der Waals surface area contributed by atoms with Crippen LogP contribution in [-0.2, 0) is 10.1 Å². The highest BCUT2D eigenvalue weighted by molar-refractivity contribution is 9.08. The maximum absolute atomic E-state index is 10.7. The smallest absolute Gasteiger partial charge is 0.308 e. The van der Waals surface area contributed by atoms with Crippen LogP contribution in [0.3, 0.4) is 0 Å². The van der Waals surface area contributed by atoms with Crippen molar-refractivity contribution in [3.63, 3.8) is 0 Å². The Balaban J connectivity index is 3.16. The molecule has 1 aromatic carbocycles. The average molecular weight is 272 g/mol. The molecular formula is C10H8BrO4-. The van der Waals surface area contributed by atoms with Gasteiger partial charge in [-0.15, -0.1) is 0 Å². The Labute approximate surface area is 95.0 Å². The molecule has 0 aromatic heterocycles. The number of esters is 1. The topological polar surface area (TPSA) is 66.4 Å². The minimum atomic E-state index is -1.37. The summed E-state index contributed by atoms with van der Waals surface area (Å²) in [5.41, 5.74) is 0.686. The predicted octanol–water partition coefficient (Wildman–Crippen LogP) is 0.870. The maximum atomic E-state index is 10.7. The Morgan fingerprint density at radius 3 is 2.60 bits per heavy atom. The van der Waals surface area contributed by atoms with Crippen LogP contribution < -0.4 is 9.84 Å². The van der Waals surface area contributed by atoms with Crippen molar-refractivity contribution in [2.45, 2.75) is 12.3 Å². The number of hydrogen-bond acceptors (Lipinski definition) is 4. The molecule has 0 spiro atoms. The van der Waals surface area contributed by atoms with E-state index in [2.05, 4.69) is 15.9 Å². The molecule has 0 aliphatic heterocycles. The fraction of sp³-hybridized carbons (Fsp3) is 0.200. The molecule has 0 bridgehead atoms. The minimum absolute atomic E-state index is 0.0134. The number of alkyl halides is 1. The van der Waals surface area contributed by atoms with Crippen molar-refractivity contribution < 1.29 is 19.4 Å². The lowest BCUT2D eigenvalue weighted by atomic mass is 10.1. The number of carboxylic acid groups (broad SMARTS) is 1. The second kappa shape index (κ2) is 4.93.